The molecule has 4 nitrogen and oxygen atoms in total. The van der Waals surface area contributed by atoms with Gasteiger partial charge in [-0.25, -0.2) is 0 Å². The largest absolute Gasteiger partial charge is 0.497 e. The Morgan fingerprint density at radius 3 is 2.80 bits per heavy atom. The first-order chi connectivity index (χ1) is 7.15. The van der Waals surface area contributed by atoms with E-state index in [1.165, 1.54) is 0 Å². The molecule has 0 aromatic heterocycles. The molecule has 1 aromatic rings. The lowest BCUT2D eigenvalue weighted by molar-refractivity contribution is 0.105. The number of ether oxygens (including phenoxy) is 1. The number of anilines is 1. The van der Waals surface area contributed by atoms with Crippen LogP contribution in [0.25, 0.3) is 0 Å². The van der Waals surface area contributed by atoms with Gasteiger partial charge in [0.15, 0.2) is 0 Å². The van der Waals surface area contributed by atoms with Crippen molar-refractivity contribution in [2.24, 2.45) is 0 Å². The number of aliphatic hydroxyl groups is 2. The minimum atomic E-state index is -0.755. The molecule has 3 N–H and O–H groups in total. The van der Waals surface area contributed by atoms with Gasteiger partial charge in [0.2, 0.25) is 0 Å². The molecule has 1 rings (SSSR count). The number of nitrogens with one attached hydrogen (secondary N) is 1. The third-order valence-electron chi connectivity index (χ3n) is 1.86. The van der Waals surface area contributed by atoms with E-state index < -0.39 is 6.10 Å². The first kappa shape index (κ1) is 12.3. The molecule has 5 heteroatoms. The van der Waals surface area contributed by atoms with Crippen molar-refractivity contribution in [1.82, 2.24) is 0 Å². The Bertz CT molecular complexity index is 320. The van der Waals surface area contributed by atoms with Crippen LogP contribution >= 0.6 is 15.9 Å². The van der Waals surface area contributed by atoms with Crippen molar-refractivity contribution < 1.29 is 14.9 Å². The van der Waals surface area contributed by atoms with E-state index in [1.807, 2.05) is 18.2 Å². The fraction of sp³-hybridized carbons (Fsp3) is 0.400. The molecule has 0 aliphatic heterocycles. The molecule has 0 spiro atoms. The van der Waals surface area contributed by atoms with Gasteiger partial charge in [-0.3, -0.25) is 0 Å². The second-order valence-corrected chi connectivity index (χ2v) is 4.01. The smallest absolute Gasteiger partial charge is 0.122 e. The maximum absolute atomic E-state index is 9.16. The number of methoxy groups -OCH3 is 1. The Hall–Kier alpha value is -0.780. The van der Waals surface area contributed by atoms with Crippen LogP contribution in [-0.2, 0) is 0 Å². The van der Waals surface area contributed by atoms with Gasteiger partial charge in [0.05, 0.1) is 19.8 Å². The fourth-order valence-electron chi connectivity index (χ4n) is 1.08. The first-order valence-electron chi connectivity index (χ1n) is 4.53. The van der Waals surface area contributed by atoms with E-state index in [0.717, 1.165) is 15.9 Å². The molecule has 0 bridgehead atoms. The number of halogens is 1. The predicted octanol–water partition coefficient (Wildman–Crippen LogP) is 1.22. The van der Waals surface area contributed by atoms with Crippen molar-refractivity contribution in [1.29, 1.82) is 0 Å². The van der Waals surface area contributed by atoms with Gasteiger partial charge in [0, 0.05) is 22.8 Å². The zero-order valence-electron chi connectivity index (χ0n) is 8.40. The van der Waals surface area contributed by atoms with Gasteiger partial charge in [-0.05, 0) is 12.1 Å². The molecule has 1 aromatic carbocycles. The Kier molecular flexibility index (Phi) is 4.87. The number of hydrogen-bond acceptors (Lipinski definition) is 4. The Balaban J connectivity index is 2.64. The molecule has 0 unspecified atom stereocenters. The molecule has 0 amide bonds. The van der Waals surface area contributed by atoms with E-state index in [-0.39, 0.29) is 6.61 Å². The number of aliphatic hydroxyl groups excluding tert-OH is 2. The molecule has 0 saturated carbocycles. The average molecular weight is 276 g/mol. The van der Waals surface area contributed by atoms with Crippen molar-refractivity contribution in [2.75, 3.05) is 25.6 Å². The fourth-order valence-corrected chi connectivity index (χ4v) is 1.56. The molecule has 1 atom stereocenters. The number of hydrogen-bond donors (Lipinski definition) is 3. The van der Waals surface area contributed by atoms with E-state index in [0.29, 0.717) is 6.54 Å². The lowest BCUT2D eigenvalue weighted by atomic mass is 10.3. The lowest BCUT2D eigenvalue weighted by Gasteiger charge is -2.11. The summed E-state index contributed by atoms with van der Waals surface area (Å²) in [5, 5.41) is 20.8. The summed E-state index contributed by atoms with van der Waals surface area (Å²) >= 11 is 3.35. The average Bonchev–Trinajstić information content (AvgIpc) is 2.25. The second-order valence-electron chi connectivity index (χ2n) is 3.10. The van der Waals surface area contributed by atoms with Crippen LogP contribution in [0.1, 0.15) is 0 Å². The highest BCUT2D eigenvalue weighted by Crippen LogP contribution is 2.24. The maximum Gasteiger partial charge on any atom is 0.122 e. The standard InChI is InChI=1S/C10H14BrNO3/c1-15-10-3-7(11)2-8(4-10)12-5-9(14)6-13/h2-4,9,12-14H,5-6H2,1H3/t9-/m0/s1. The maximum atomic E-state index is 9.16. The van der Waals surface area contributed by atoms with Crippen molar-refractivity contribution in [3.63, 3.8) is 0 Å². The minimum Gasteiger partial charge on any atom is -0.497 e. The highest BCUT2D eigenvalue weighted by Gasteiger charge is 2.03. The highest BCUT2D eigenvalue weighted by atomic mass is 79.9. The predicted molar refractivity (Wildman–Crippen MR) is 62.3 cm³/mol. The van der Waals surface area contributed by atoms with Gasteiger partial charge in [0.25, 0.3) is 0 Å². The Morgan fingerprint density at radius 2 is 2.20 bits per heavy atom. The van der Waals surface area contributed by atoms with Gasteiger partial charge in [-0.1, -0.05) is 15.9 Å². The monoisotopic (exact) mass is 275 g/mol. The van der Waals surface area contributed by atoms with Crippen LogP contribution < -0.4 is 10.1 Å². The van der Waals surface area contributed by atoms with Crippen LogP contribution in [0.5, 0.6) is 5.75 Å². The highest BCUT2D eigenvalue weighted by molar-refractivity contribution is 9.10. The molecule has 84 valence electrons. The summed E-state index contributed by atoms with van der Waals surface area (Å²) in [5.41, 5.74) is 0.828. The van der Waals surface area contributed by atoms with E-state index in [4.69, 9.17) is 14.9 Å². The van der Waals surface area contributed by atoms with Crippen molar-refractivity contribution in [3.05, 3.63) is 22.7 Å². The quantitative estimate of drug-likeness (QED) is 0.756. The Morgan fingerprint density at radius 1 is 1.47 bits per heavy atom. The van der Waals surface area contributed by atoms with Gasteiger partial charge in [0.1, 0.15) is 5.75 Å². The minimum absolute atomic E-state index is 0.252. The van der Waals surface area contributed by atoms with Crippen LogP contribution in [0.4, 0.5) is 5.69 Å². The van der Waals surface area contributed by atoms with Gasteiger partial charge in [-0.2, -0.15) is 0 Å². The third-order valence-corrected chi connectivity index (χ3v) is 2.32. The van der Waals surface area contributed by atoms with Crippen LogP contribution in [0.2, 0.25) is 0 Å². The molecule has 0 fully saturated rings. The van der Waals surface area contributed by atoms with Crippen LogP contribution in [0, 0.1) is 0 Å². The topological polar surface area (TPSA) is 61.7 Å². The molecule has 0 radical (unpaired) electrons. The molecular formula is C10H14BrNO3. The molecular weight excluding hydrogens is 262 g/mol. The number of rotatable bonds is 5. The first-order valence-corrected chi connectivity index (χ1v) is 5.32. The normalized spacial score (nSPS) is 12.3. The van der Waals surface area contributed by atoms with E-state index in [9.17, 15) is 0 Å². The zero-order valence-corrected chi connectivity index (χ0v) is 9.99. The Labute approximate surface area is 97.0 Å². The van der Waals surface area contributed by atoms with Crippen molar-refractivity contribution in [2.45, 2.75) is 6.10 Å². The number of benzene rings is 1. The summed E-state index contributed by atoms with van der Waals surface area (Å²) in [7, 11) is 1.59. The van der Waals surface area contributed by atoms with Gasteiger partial charge < -0.3 is 20.3 Å². The van der Waals surface area contributed by atoms with Crippen LogP contribution in [0.15, 0.2) is 22.7 Å². The summed E-state index contributed by atoms with van der Waals surface area (Å²) in [5.74, 6) is 0.727. The second kappa shape index (κ2) is 5.95. The SMILES string of the molecule is COc1cc(Br)cc(NC[C@H](O)CO)c1. The van der Waals surface area contributed by atoms with Crippen molar-refractivity contribution in [3.8, 4) is 5.75 Å². The summed E-state index contributed by atoms with van der Waals surface area (Å²) in [4.78, 5) is 0. The van der Waals surface area contributed by atoms with Gasteiger partial charge >= 0.3 is 0 Å². The van der Waals surface area contributed by atoms with Crippen LogP contribution in [-0.4, -0.2) is 36.6 Å². The summed E-state index contributed by atoms with van der Waals surface area (Å²) in [6.45, 7) is 0.0498. The van der Waals surface area contributed by atoms with E-state index >= 15 is 0 Å². The molecule has 0 aliphatic rings. The zero-order chi connectivity index (χ0) is 11.3. The summed E-state index contributed by atoms with van der Waals surface area (Å²) < 4.78 is 5.98. The third kappa shape index (κ3) is 4.07. The molecule has 15 heavy (non-hydrogen) atoms. The summed E-state index contributed by atoms with van der Waals surface area (Å²) in [6, 6.07) is 5.52. The van der Waals surface area contributed by atoms with E-state index in [2.05, 4.69) is 21.2 Å². The van der Waals surface area contributed by atoms with E-state index in [1.54, 1.807) is 7.11 Å². The van der Waals surface area contributed by atoms with Gasteiger partial charge in [-0.15, -0.1) is 0 Å². The lowest BCUT2D eigenvalue weighted by Crippen LogP contribution is -2.22. The summed E-state index contributed by atoms with van der Waals surface area (Å²) in [6.07, 6.45) is -0.755. The van der Waals surface area contributed by atoms with Crippen molar-refractivity contribution >= 4 is 21.6 Å². The molecule has 0 heterocycles. The van der Waals surface area contributed by atoms with Crippen LogP contribution in [0.3, 0.4) is 0 Å². The molecule has 0 aliphatic carbocycles. The molecule has 0 saturated heterocycles.